The van der Waals surface area contributed by atoms with Crippen LogP contribution in [0.2, 0.25) is 0 Å². The average Bonchev–Trinajstić information content (AvgIpc) is 4.01. The number of hydrogen-bond acceptors (Lipinski definition) is 6. The highest BCUT2D eigenvalue weighted by molar-refractivity contribution is 7.13. The summed E-state index contributed by atoms with van der Waals surface area (Å²) in [4.78, 5) is 27.1. The van der Waals surface area contributed by atoms with Gasteiger partial charge in [-0.1, -0.05) is 54.6 Å². The summed E-state index contributed by atoms with van der Waals surface area (Å²) in [5.74, 6) is 1.28. The molecule has 0 saturated heterocycles. The van der Waals surface area contributed by atoms with Gasteiger partial charge in [0.25, 0.3) is 0 Å². The fraction of sp³-hybridized carbons (Fsp3) is 0. The number of aromatic nitrogens is 11. The molecule has 8 heterocycles. The highest BCUT2D eigenvalue weighted by Crippen LogP contribution is 2.51. The third kappa shape index (κ3) is 4.14. The zero-order chi connectivity index (χ0) is 33.5. The number of imidazole rings is 3. The van der Waals surface area contributed by atoms with E-state index in [-0.39, 0.29) is 0 Å². The molecule has 0 saturated carbocycles. The number of rotatable bonds is 6. The van der Waals surface area contributed by atoms with Crippen LogP contribution in [0.1, 0.15) is 0 Å². The maximum atomic E-state index is 5.54. The molecule has 11 aromatic rings. The monoisotopic (exact) mass is 679 g/mol. The molecule has 0 amide bonds. The number of nitrogens with zero attached hydrogens (tertiary/aromatic N) is 6. The van der Waals surface area contributed by atoms with Crippen molar-refractivity contribution in [2.45, 2.75) is 0 Å². The Balaban J connectivity index is 1.41. The fourth-order valence-electron chi connectivity index (χ4n) is 7.26. The summed E-state index contributed by atoms with van der Waals surface area (Å²) in [6.45, 7) is 0. The number of fused-ring (bicyclic) bond motifs is 4. The Labute approximate surface area is 292 Å². The lowest BCUT2D eigenvalue weighted by Crippen LogP contribution is -2.05. The van der Waals surface area contributed by atoms with E-state index < -0.39 is 0 Å². The first-order chi connectivity index (χ1) is 25.3. The normalized spacial score (nSPS) is 11.9. The number of nitrogens with one attached hydrogen (secondary N) is 5. The van der Waals surface area contributed by atoms with Crippen LogP contribution >= 0.6 is 11.3 Å². The molecule has 0 aliphatic heterocycles. The number of hydrogen-bond donors (Lipinski definition) is 5. The van der Waals surface area contributed by atoms with Gasteiger partial charge in [0, 0.05) is 62.1 Å². The van der Waals surface area contributed by atoms with E-state index >= 15 is 0 Å². The molecule has 0 fully saturated rings. The molecule has 0 spiro atoms. The first kappa shape index (κ1) is 27.9. The molecule has 51 heavy (non-hydrogen) atoms. The predicted octanol–water partition coefficient (Wildman–Crippen LogP) is 9.08. The van der Waals surface area contributed by atoms with E-state index in [0.717, 1.165) is 88.5 Å². The van der Waals surface area contributed by atoms with Crippen molar-refractivity contribution in [3.05, 3.63) is 121 Å². The van der Waals surface area contributed by atoms with Crippen LogP contribution in [0.25, 0.3) is 106 Å². The maximum Gasteiger partial charge on any atom is 0.159 e. The molecular weight excluding hydrogens is 655 g/mol. The van der Waals surface area contributed by atoms with Crippen molar-refractivity contribution in [2.24, 2.45) is 0 Å². The minimum absolute atomic E-state index is 0.634. The quantitative estimate of drug-likeness (QED) is 0.119. The molecule has 11 rings (SSSR count). The summed E-state index contributed by atoms with van der Waals surface area (Å²) >= 11 is 1.67. The van der Waals surface area contributed by atoms with Crippen molar-refractivity contribution in [2.75, 3.05) is 0 Å². The van der Waals surface area contributed by atoms with Gasteiger partial charge in [0.15, 0.2) is 11.6 Å². The zero-order valence-electron chi connectivity index (χ0n) is 26.6. The third-order valence-electron chi connectivity index (χ3n) is 9.42. The van der Waals surface area contributed by atoms with Crippen LogP contribution < -0.4 is 0 Å². The Morgan fingerprint density at radius 3 is 2.31 bits per heavy atom. The standard InChI is InChI=1S/C39H25N11S/c1-3-10-23-21(8-1)20-28(43-23)30-31(27-15-16-42-47-27)35(33-22-9-2-4-11-24(22)48-49-33)50-36(38-40-17-18-41-38)34(37-44-25-12-5-6-13-26(25)45-37)46-39(50)32(30)29-14-7-19-51-29/h1-20,43H,(H,40,41)(H,42,47)(H,44,45)(H,48,49). The second-order valence-electron chi connectivity index (χ2n) is 12.3. The fourth-order valence-corrected chi connectivity index (χ4v) is 8.04. The summed E-state index contributed by atoms with van der Waals surface area (Å²) in [6.07, 6.45) is 5.44. The predicted molar refractivity (Wildman–Crippen MR) is 201 cm³/mol. The molecular formula is C39H25N11S. The Morgan fingerprint density at radius 2 is 1.51 bits per heavy atom. The number of thiophene rings is 1. The van der Waals surface area contributed by atoms with Gasteiger partial charge in [-0.15, -0.1) is 11.3 Å². The molecule has 3 aromatic carbocycles. The molecule has 0 bridgehead atoms. The van der Waals surface area contributed by atoms with Gasteiger partial charge in [0.1, 0.15) is 22.7 Å². The number of pyridine rings is 1. The molecule has 0 aliphatic carbocycles. The Morgan fingerprint density at radius 1 is 0.647 bits per heavy atom. The Hall–Kier alpha value is -7.05. The first-order valence-electron chi connectivity index (χ1n) is 16.4. The van der Waals surface area contributed by atoms with Gasteiger partial charge in [-0.3, -0.25) is 14.6 Å². The molecule has 0 aliphatic rings. The Bertz CT molecular complexity index is 2960. The molecule has 5 N–H and O–H groups in total. The summed E-state index contributed by atoms with van der Waals surface area (Å²) < 4.78 is 2.19. The number of benzene rings is 3. The lowest BCUT2D eigenvalue weighted by Gasteiger charge is -2.20. The number of aromatic amines is 5. The summed E-state index contributed by atoms with van der Waals surface area (Å²) in [7, 11) is 0. The lowest BCUT2D eigenvalue weighted by molar-refractivity contribution is 1.07. The summed E-state index contributed by atoms with van der Waals surface area (Å²) in [5, 5.41) is 20.4. The van der Waals surface area contributed by atoms with Crippen LogP contribution in [-0.2, 0) is 0 Å². The van der Waals surface area contributed by atoms with Gasteiger partial charge in [-0.2, -0.15) is 10.2 Å². The largest absolute Gasteiger partial charge is 0.354 e. The molecule has 0 atom stereocenters. The van der Waals surface area contributed by atoms with Crippen molar-refractivity contribution in [3.63, 3.8) is 0 Å². The minimum Gasteiger partial charge on any atom is -0.354 e. The first-order valence-corrected chi connectivity index (χ1v) is 17.3. The Kier molecular flexibility index (Phi) is 5.86. The van der Waals surface area contributed by atoms with Crippen molar-refractivity contribution in [1.82, 2.24) is 54.7 Å². The van der Waals surface area contributed by atoms with Gasteiger partial charge in [0.05, 0.1) is 27.9 Å². The smallest absolute Gasteiger partial charge is 0.159 e. The molecule has 242 valence electrons. The number of H-pyrrole nitrogens is 5. The van der Waals surface area contributed by atoms with Crippen LogP contribution in [0, 0.1) is 0 Å². The SMILES string of the molecule is c1csc(-c2c(-c3cc4ccccc4[nH]3)c(-c3cc[nH]n3)c(-c3n[nH]c4ccccc34)n3c(-c4ncc[nH]4)c(-c4nc5ccccc5[nH]4)nc23)c1. The molecule has 11 nitrogen and oxygen atoms in total. The maximum absolute atomic E-state index is 5.54. The van der Waals surface area contributed by atoms with E-state index in [1.807, 2.05) is 67.0 Å². The van der Waals surface area contributed by atoms with E-state index in [4.69, 9.17) is 25.1 Å². The van der Waals surface area contributed by atoms with Crippen LogP contribution in [-0.4, -0.2) is 54.7 Å². The summed E-state index contributed by atoms with van der Waals surface area (Å²) in [6, 6.07) is 32.9. The zero-order valence-corrected chi connectivity index (χ0v) is 27.5. The van der Waals surface area contributed by atoms with Gasteiger partial charge < -0.3 is 15.0 Å². The molecule has 0 radical (unpaired) electrons. The van der Waals surface area contributed by atoms with E-state index in [1.54, 1.807) is 17.5 Å². The molecule has 8 aromatic heterocycles. The van der Waals surface area contributed by atoms with Crippen molar-refractivity contribution in [3.8, 4) is 67.4 Å². The van der Waals surface area contributed by atoms with Gasteiger partial charge in [0.2, 0.25) is 0 Å². The van der Waals surface area contributed by atoms with Gasteiger partial charge in [-0.25, -0.2) is 15.0 Å². The highest BCUT2D eigenvalue weighted by atomic mass is 32.1. The average molecular weight is 680 g/mol. The lowest BCUT2D eigenvalue weighted by atomic mass is 9.92. The van der Waals surface area contributed by atoms with Gasteiger partial charge in [-0.05, 0) is 47.8 Å². The van der Waals surface area contributed by atoms with Crippen LogP contribution in [0.15, 0.2) is 121 Å². The van der Waals surface area contributed by atoms with Crippen molar-refractivity contribution < 1.29 is 0 Å². The number of para-hydroxylation sites is 4. The molecule has 0 unspecified atom stereocenters. The van der Waals surface area contributed by atoms with E-state index in [0.29, 0.717) is 17.3 Å². The van der Waals surface area contributed by atoms with E-state index in [2.05, 4.69) is 77.4 Å². The third-order valence-corrected chi connectivity index (χ3v) is 10.3. The van der Waals surface area contributed by atoms with Crippen molar-refractivity contribution in [1.29, 1.82) is 0 Å². The van der Waals surface area contributed by atoms with Gasteiger partial charge >= 0.3 is 0 Å². The summed E-state index contributed by atoms with van der Waals surface area (Å²) in [5.41, 5.74) is 11.9. The van der Waals surface area contributed by atoms with E-state index in [1.165, 1.54) is 0 Å². The van der Waals surface area contributed by atoms with Crippen LogP contribution in [0.3, 0.4) is 0 Å². The molecule has 12 heteroatoms. The van der Waals surface area contributed by atoms with Crippen LogP contribution in [0.5, 0.6) is 0 Å². The highest BCUT2D eigenvalue weighted by Gasteiger charge is 2.33. The van der Waals surface area contributed by atoms with Crippen molar-refractivity contribution >= 4 is 49.8 Å². The second kappa shape index (κ2) is 10.7. The minimum atomic E-state index is 0.634. The topological polar surface area (TPSA) is 148 Å². The van der Waals surface area contributed by atoms with Crippen LogP contribution in [0.4, 0.5) is 0 Å². The second-order valence-corrected chi connectivity index (χ2v) is 13.3. The van der Waals surface area contributed by atoms with E-state index in [9.17, 15) is 0 Å².